The van der Waals surface area contributed by atoms with Gasteiger partial charge in [0, 0.05) is 20.1 Å². The number of halogens is 2. The summed E-state index contributed by atoms with van der Waals surface area (Å²) in [6, 6.07) is 13.8. The molecular weight excluding hydrogens is 332 g/mol. The second-order valence-electron chi connectivity index (χ2n) is 3.83. The van der Waals surface area contributed by atoms with E-state index in [1.165, 1.54) is 5.56 Å². The monoisotopic (exact) mass is 342 g/mol. The second kappa shape index (κ2) is 6.62. The van der Waals surface area contributed by atoms with E-state index >= 15 is 0 Å². The van der Waals surface area contributed by atoms with Crippen LogP contribution in [0.2, 0.25) is 5.02 Å². The van der Waals surface area contributed by atoms with E-state index in [4.69, 9.17) is 11.6 Å². The van der Waals surface area contributed by atoms with Gasteiger partial charge in [-0.1, -0.05) is 39.7 Å². The molecule has 2 aromatic carbocycles. The minimum Gasteiger partial charge on any atom is -0.392 e. The summed E-state index contributed by atoms with van der Waals surface area (Å²) in [4.78, 5) is 1.11. The van der Waals surface area contributed by atoms with Crippen molar-refractivity contribution in [2.45, 2.75) is 17.3 Å². The third-order valence-electron chi connectivity index (χ3n) is 2.50. The minimum atomic E-state index is 0.0579. The van der Waals surface area contributed by atoms with Crippen LogP contribution in [0.4, 0.5) is 0 Å². The molecule has 0 bridgehead atoms. The molecule has 0 atom stereocenters. The Morgan fingerprint density at radius 3 is 2.50 bits per heavy atom. The first kappa shape index (κ1) is 13.9. The van der Waals surface area contributed by atoms with Crippen LogP contribution in [0.15, 0.2) is 51.8 Å². The third-order valence-corrected chi connectivity index (χ3v) is 4.43. The molecule has 1 nitrogen and oxygen atoms in total. The molecule has 94 valence electrons. The van der Waals surface area contributed by atoms with Crippen LogP contribution in [0.5, 0.6) is 0 Å². The van der Waals surface area contributed by atoms with Gasteiger partial charge in [-0.25, -0.2) is 0 Å². The summed E-state index contributed by atoms with van der Waals surface area (Å²) in [5, 5.41) is 10.1. The number of aliphatic hydroxyl groups is 1. The van der Waals surface area contributed by atoms with Crippen LogP contribution in [-0.2, 0) is 12.4 Å². The highest BCUT2D eigenvalue weighted by atomic mass is 79.9. The molecule has 1 N–H and O–H groups in total. The lowest BCUT2D eigenvalue weighted by Crippen LogP contribution is -1.88. The first-order valence-electron chi connectivity index (χ1n) is 5.45. The van der Waals surface area contributed by atoms with Crippen LogP contribution in [0, 0.1) is 0 Å². The van der Waals surface area contributed by atoms with Crippen LogP contribution in [0.3, 0.4) is 0 Å². The Morgan fingerprint density at radius 2 is 1.83 bits per heavy atom. The van der Waals surface area contributed by atoms with Gasteiger partial charge in [-0.05, 0) is 41.5 Å². The molecule has 0 aromatic heterocycles. The van der Waals surface area contributed by atoms with Crippen LogP contribution < -0.4 is 0 Å². The smallest absolute Gasteiger partial charge is 0.0693 e. The van der Waals surface area contributed by atoms with Gasteiger partial charge in [-0.2, -0.15) is 0 Å². The van der Waals surface area contributed by atoms with Crippen molar-refractivity contribution in [2.24, 2.45) is 0 Å². The van der Waals surface area contributed by atoms with Crippen LogP contribution >= 0.6 is 39.3 Å². The first-order chi connectivity index (χ1) is 8.69. The molecule has 2 aromatic rings. The van der Waals surface area contributed by atoms with Gasteiger partial charge in [0.2, 0.25) is 0 Å². The zero-order chi connectivity index (χ0) is 13.0. The van der Waals surface area contributed by atoms with Gasteiger partial charge >= 0.3 is 0 Å². The van der Waals surface area contributed by atoms with Gasteiger partial charge in [-0.15, -0.1) is 11.8 Å². The lowest BCUT2D eigenvalue weighted by molar-refractivity contribution is 0.279. The number of hydrogen-bond donors (Lipinski definition) is 1. The fourth-order valence-electron chi connectivity index (χ4n) is 1.55. The summed E-state index contributed by atoms with van der Waals surface area (Å²) >= 11 is 11.0. The molecule has 0 amide bonds. The molecule has 0 heterocycles. The second-order valence-corrected chi connectivity index (χ2v) is 6.19. The van der Waals surface area contributed by atoms with Crippen molar-refractivity contribution < 1.29 is 5.11 Å². The topological polar surface area (TPSA) is 20.2 Å². The Hall–Kier alpha value is -0.480. The molecule has 0 radical (unpaired) electrons. The van der Waals surface area contributed by atoms with Crippen LogP contribution in [0.1, 0.15) is 11.1 Å². The van der Waals surface area contributed by atoms with E-state index in [-0.39, 0.29) is 6.61 Å². The summed E-state index contributed by atoms with van der Waals surface area (Å²) in [5.41, 5.74) is 2.17. The average molecular weight is 344 g/mol. The number of thioether (sulfide) groups is 1. The van der Waals surface area contributed by atoms with Gasteiger partial charge in [-0.3, -0.25) is 0 Å². The van der Waals surface area contributed by atoms with Crippen molar-refractivity contribution in [1.82, 2.24) is 0 Å². The zero-order valence-electron chi connectivity index (χ0n) is 9.57. The van der Waals surface area contributed by atoms with E-state index in [2.05, 4.69) is 15.9 Å². The zero-order valence-corrected chi connectivity index (χ0v) is 12.7. The quantitative estimate of drug-likeness (QED) is 0.798. The van der Waals surface area contributed by atoms with Gasteiger partial charge in [0.05, 0.1) is 6.61 Å². The van der Waals surface area contributed by atoms with Crippen molar-refractivity contribution in [3.8, 4) is 0 Å². The normalized spacial score (nSPS) is 10.6. The number of rotatable bonds is 4. The van der Waals surface area contributed by atoms with E-state index in [0.29, 0.717) is 0 Å². The Balaban J connectivity index is 2.08. The molecule has 0 saturated heterocycles. The molecule has 0 aliphatic rings. The van der Waals surface area contributed by atoms with E-state index in [9.17, 15) is 5.11 Å². The summed E-state index contributed by atoms with van der Waals surface area (Å²) in [6.45, 7) is 0.0579. The van der Waals surface area contributed by atoms with Crippen molar-refractivity contribution in [3.63, 3.8) is 0 Å². The largest absolute Gasteiger partial charge is 0.392 e. The van der Waals surface area contributed by atoms with Crippen molar-refractivity contribution in [2.75, 3.05) is 0 Å². The molecule has 2 rings (SSSR count). The Bertz CT molecular complexity index is 528. The molecule has 0 aliphatic heterocycles. The summed E-state index contributed by atoms with van der Waals surface area (Å²) in [7, 11) is 0. The van der Waals surface area contributed by atoms with Crippen LogP contribution in [-0.4, -0.2) is 5.11 Å². The number of benzene rings is 2. The standard InChI is InChI=1S/C14H12BrClOS/c15-12-3-6-14(11(7-12)8-17)18-9-10-1-4-13(16)5-2-10/h1-7,17H,8-9H2. The van der Waals surface area contributed by atoms with Crippen molar-refractivity contribution >= 4 is 39.3 Å². The molecule has 0 fully saturated rings. The number of hydrogen-bond acceptors (Lipinski definition) is 2. The summed E-state index contributed by atoms with van der Waals surface area (Å²) in [6.07, 6.45) is 0. The molecular formula is C14H12BrClOS. The average Bonchev–Trinajstić information content (AvgIpc) is 2.39. The van der Waals surface area contributed by atoms with Crippen LogP contribution in [0.25, 0.3) is 0 Å². The predicted octanol–water partition coefficient (Wildman–Crippen LogP) is 4.89. The lowest BCUT2D eigenvalue weighted by Gasteiger charge is -2.08. The lowest BCUT2D eigenvalue weighted by atomic mass is 10.2. The number of aliphatic hydroxyl groups excluding tert-OH is 1. The molecule has 0 unspecified atom stereocenters. The van der Waals surface area contributed by atoms with E-state index < -0.39 is 0 Å². The Kier molecular flexibility index (Phi) is 5.13. The molecule has 0 spiro atoms. The van der Waals surface area contributed by atoms with E-state index in [1.807, 2.05) is 42.5 Å². The summed E-state index contributed by atoms with van der Waals surface area (Å²) < 4.78 is 0.988. The highest BCUT2D eigenvalue weighted by Gasteiger charge is 2.04. The molecule has 0 aliphatic carbocycles. The van der Waals surface area contributed by atoms with Gasteiger partial charge in [0.1, 0.15) is 0 Å². The Labute approximate surface area is 124 Å². The van der Waals surface area contributed by atoms with E-state index in [0.717, 1.165) is 25.7 Å². The SMILES string of the molecule is OCc1cc(Br)ccc1SCc1ccc(Cl)cc1. The van der Waals surface area contributed by atoms with Gasteiger partial charge < -0.3 is 5.11 Å². The maximum Gasteiger partial charge on any atom is 0.0693 e. The molecule has 4 heteroatoms. The first-order valence-corrected chi connectivity index (χ1v) is 7.61. The summed E-state index contributed by atoms with van der Waals surface area (Å²) in [5.74, 6) is 0.867. The highest BCUT2D eigenvalue weighted by molar-refractivity contribution is 9.10. The van der Waals surface area contributed by atoms with Crippen molar-refractivity contribution in [3.05, 3.63) is 63.1 Å². The molecule has 18 heavy (non-hydrogen) atoms. The Morgan fingerprint density at radius 1 is 1.11 bits per heavy atom. The van der Waals surface area contributed by atoms with Crippen molar-refractivity contribution in [1.29, 1.82) is 0 Å². The van der Waals surface area contributed by atoms with Gasteiger partial charge in [0.25, 0.3) is 0 Å². The maximum atomic E-state index is 9.32. The van der Waals surface area contributed by atoms with E-state index in [1.54, 1.807) is 11.8 Å². The predicted molar refractivity (Wildman–Crippen MR) is 81.1 cm³/mol. The maximum absolute atomic E-state index is 9.32. The fraction of sp³-hybridized carbons (Fsp3) is 0.143. The fourth-order valence-corrected chi connectivity index (χ4v) is 3.08. The third kappa shape index (κ3) is 3.75. The minimum absolute atomic E-state index is 0.0579. The van der Waals surface area contributed by atoms with Gasteiger partial charge in [0.15, 0.2) is 0 Å². The highest BCUT2D eigenvalue weighted by Crippen LogP contribution is 2.29. The molecule has 0 saturated carbocycles.